The van der Waals surface area contributed by atoms with Gasteiger partial charge in [0, 0.05) is 16.1 Å². The largest absolute Gasteiger partial charge is 0.496 e. The number of thioether (sulfide) groups is 1. The Bertz CT molecular complexity index is 1040. The van der Waals surface area contributed by atoms with Gasteiger partial charge in [0.2, 0.25) is 5.88 Å². The Morgan fingerprint density at radius 3 is 2.55 bits per heavy atom. The molecule has 0 fully saturated rings. The molecule has 2 aromatic carbocycles. The number of allylic oxidation sites excluding steroid dienone is 2. The van der Waals surface area contributed by atoms with Crippen LogP contribution in [0.3, 0.4) is 0 Å². The molecule has 1 amide bonds. The Hall–Kier alpha value is -3.37. The van der Waals surface area contributed by atoms with Crippen molar-refractivity contribution in [3.05, 3.63) is 76.9 Å². The second kappa shape index (κ2) is 8.76. The van der Waals surface area contributed by atoms with Gasteiger partial charge in [-0.3, -0.25) is 4.79 Å². The highest BCUT2D eigenvalue weighted by Gasteiger charge is 2.36. The van der Waals surface area contributed by atoms with Gasteiger partial charge in [0.1, 0.15) is 23.2 Å². The van der Waals surface area contributed by atoms with Crippen LogP contribution in [0.1, 0.15) is 18.4 Å². The van der Waals surface area contributed by atoms with Gasteiger partial charge in [-0.15, -0.1) is 11.8 Å². The number of methoxy groups -OCH3 is 1. The van der Waals surface area contributed by atoms with E-state index in [1.165, 1.54) is 0 Å². The van der Waals surface area contributed by atoms with Gasteiger partial charge in [0.25, 0.3) is 5.91 Å². The Balaban J connectivity index is 2.05. The number of nitrogens with two attached hydrogens (primary N) is 1. The molecule has 1 aliphatic heterocycles. The SMILES string of the molecule is COc1ccccc1[C@@H]1C(C#N)=C(N)OC(C)=C1C(=O)Nc1ccc(SC)cc1. The minimum atomic E-state index is -0.699. The zero-order valence-corrected chi connectivity index (χ0v) is 17.2. The molecule has 1 atom stereocenters. The van der Waals surface area contributed by atoms with E-state index < -0.39 is 5.92 Å². The van der Waals surface area contributed by atoms with Crippen LogP contribution in [0.5, 0.6) is 5.75 Å². The summed E-state index contributed by atoms with van der Waals surface area (Å²) in [6.45, 7) is 1.66. The van der Waals surface area contributed by atoms with Crippen LogP contribution in [0.4, 0.5) is 5.69 Å². The van der Waals surface area contributed by atoms with Crippen LogP contribution in [0.25, 0.3) is 0 Å². The van der Waals surface area contributed by atoms with Crippen LogP contribution >= 0.6 is 11.8 Å². The molecule has 1 aliphatic rings. The highest BCUT2D eigenvalue weighted by molar-refractivity contribution is 7.98. The summed E-state index contributed by atoms with van der Waals surface area (Å²) < 4.78 is 11.0. The topological polar surface area (TPSA) is 97.4 Å². The smallest absolute Gasteiger partial charge is 0.255 e. The molecule has 0 bridgehead atoms. The maximum atomic E-state index is 13.2. The molecule has 2 aromatic rings. The summed E-state index contributed by atoms with van der Waals surface area (Å²) in [5.41, 5.74) is 7.77. The van der Waals surface area contributed by atoms with Crippen LogP contribution in [0.15, 0.2) is 76.2 Å². The fraction of sp³-hybridized carbons (Fsp3) is 0.182. The van der Waals surface area contributed by atoms with Crippen molar-refractivity contribution in [1.82, 2.24) is 0 Å². The summed E-state index contributed by atoms with van der Waals surface area (Å²) in [5.74, 6) is -0.175. The summed E-state index contributed by atoms with van der Waals surface area (Å²) in [6, 6.07) is 16.8. The van der Waals surface area contributed by atoms with Gasteiger partial charge >= 0.3 is 0 Å². The Labute approximate surface area is 174 Å². The Kier molecular flexibility index (Phi) is 6.15. The van der Waals surface area contributed by atoms with Gasteiger partial charge in [0.05, 0.1) is 18.6 Å². The normalized spacial score (nSPS) is 16.1. The first-order valence-electron chi connectivity index (χ1n) is 8.86. The second-order valence-corrected chi connectivity index (χ2v) is 7.20. The molecule has 0 saturated heterocycles. The maximum Gasteiger partial charge on any atom is 0.255 e. The van der Waals surface area contributed by atoms with E-state index in [0.717, 1.165) is 4.90 Å². The average Bonchev–Trinajstić information content (AvgIpc) is 2.73. The molecule has 0 radical (unpaired) electrons. The summed E-state index contributed by atoms with van der Waals surface area (Å²) in [7, 11) is 1.54. The number of carbonyl (C=O) groups is 1. The molecule has 7 heteroatoms. The lowest BCUT2D eigenvalue weighted by Crippen LogP contribution is -2.28. The number of amides is 1. The lowest BCUT2D eigenvalue weighted by atomic mass is 9.82. The van der Waals surface area contributed by atoms with Crippen molar-refractivity contribution in [2.45, 2.75) is 17.7 Å². The number of anilines is 1. The molecule has 1 heterocycles. The van der Waals surface area contributed by atoms with E-state index in [1.807, 2.05) is 48.7 Å². The molecule has 0 aromatic heterocycles. The molecule has 6 nitrogen and oxygen atoms in total. The number of carbonyl (C=O) groups excluding carboxylic acids is 1. The van der Waals surface area contributed by atoms with E-state index in [-0.39, 0.29) is 17.4 Å². The average molecular weight is 407 g/mol. The summed E-state index contributed by atoms with van der Waals surface area (Å²) in [5, 5.41) is 12.6. The van der Waals surface area contributed by atoms with E-state index in [1.54, 1.807) is 31.9 Å². The second-order valence-electron chi connectivity index (χ2n) is 6.32. The zero-order chi connectivity index (χ0) is 21.0. The third kappa shape index (κ3) is 4.08. The van der Waals surface area contributed by atoms with Crippen molar-refractivity contribution in [2.75, 3.05) is 18.7 Å². The number of para-hydroxylation sites is 1. The van der Waals surface area contributed by atoms with Gasteiger partial charge in [-0.1, -0.05) is 18.2 Å². The van der Waals surface area contributed by atoms with E-state index in [4.69, 9.17) is 15.2 Å². The summed E-state index contributed by atoms with van der Waals surface area (Å²) >= 11 is 1.62. The van der Waals surface area contributed by atoms with Gasteiger partial charge in [0.15, 0.2) is 0 Å². The number of ether oxygens (including phenoxy) is 2. The molecule has 0 saturated carbocycles. The van der Waals surface area contributed by atoms with Crippen LogP contribution < -0.4 is 15.8 Å². The number of benzene rings is 2. The third-order valence-corrected chi connectivity index (χ3v) is 5.39. The molecule has 3 N–H and O–H groups in total. The van der Waals surface area contributed by atoms with Crippen LogP contribution in [-0.4, -0.2) is 19.3 Å². The molecule has 148 valence electrons. The van der Waals surface area contributed by atoms with Crippen molar-refractivity contribution < 1.29 is 14.3 Å². The number of rotatable bonds is 5. The van der Waals surface area contributed by atoms with Crippen molar-refractivity contribution in [1.29, 1.82) is 5.26 Å². The number of nitrogens with zero attached hydrogens (tertiary/aromatic N) is 1. The van der Waals surface area contributed by atoms with Gasteiger partial charge in [-0.25, -0.2) is 0 Å². The highest BCUT2D eigenvalue weighted by atomic mass is 32.2. The quantitative estimate of drug-likeness (QED) is 0.723. The first-order valence-corrected chi connectivity index (χ1v) is 10.1. The monoisotopic (exact) mass is 407 g/mol. The van der Waals surface area contributed by atoms with Crippen molar-refractivity contribution in [3.63, 3.8) is 0 Å². The van der Waals surface area contributed by atoms with Crippen molar-refractivity contribution in [2.24, 2.45) is 5.73 Å². The van der Waals surface area contributed by atoms with Crippen molar-refractivity contribution in [3.8, 4) is 11.8 Å². The molecule has 0 unspecified atom stereocenters. The molecule has 3 rings (SSSR count). The first kappa shape index (κ1) is 20.4. The van der Waals surface area contributed by atoms with E-state index in [2.05, 4.69) is 11.4 Å². The number of hydrogen-bond donors (Lipinski definition) is 2. The number of hydrogen-bond acceptors (Lipinski definition) is 6. The zero-order valence-electron chi connectivity index (χ0n) is 16.4. The molecule has 0 aliphatic carbocycles. The predicted molar refractivity (Wildman–Crippen MR) is 113 cm³/mol. The van der Waals surface area contributed by atoms with Crippen molar-refractivity contribution >= 4 is 23.4 Å². The van der Waals surface area contributed by atoms with Gasteiger partial charge in [-0.2, -0.15) is 5.26 Å². The lowest BCUT2D eigenvalue weighted by Gasteiger charge is -2.28. The molecular formula is C22H21N3O3S. The Morgan fingerprint density at radius 2 is 1.93 bits per heavy atom. The van der Waals surface area contributed by atoms with Gasteiger partial charge in [-0.05, 0) is 43.5 Å². The fourth-order valence-electron chi connectivity index (χ4n) is 3.26. The molecule has 0 spiro atoms. The number of nitrogens with one attached hydrogen (secondary N) is 1. The van der Waals surface area contributed by atoms with E-state index in [9.17, 15) is 10.1 Å². The Morgan fingerprint density at radius 1 is 1.24 bits per heavy atom. The third-order valence-electron chi connectivity index (χ3n) is 4.65. The van der Waals surface area contributed by atoms with E-state index >= 15 is 0 Å². The molecular weight excluding hydrogens is 386 g/mol. The van der Waals surface area contributed by atoms with E-state index in [0.29, 0.717) is 28.3 Å². The van der Waals surface area contributed by atoms with Crippen LogP contribution in [-0.2, 0) is 9.53 Å². The highest BCUT2D eigenvalue weighted by Crippen LogP contribution is 2.42. The van der Waals surface area contributed by atoms with Gasteiger partial charge < -0.3 is 20.5 Å². The first-order chi connectivity index (χ1) is 14.0. The van der Waals surface area contributed by atoms with Crippen LogP contribution in [0.2, 0.25) is 0 Å². The number of nitriles is 1. The standard InChI is InChI=1S/C22H21N3O3S/c1-13-19(22(26)25-14-8-10-15(29-3)11-9-14)20(17(12-23)21(24)28-13)16-6-4-5-7-18(16)27-2/h4-11,20H,24H2,1-3H3,(H,25,26)/t20-/m1/s1. The summed E-state index contributed by atoms with van der Waals surface area (Å²) in [4.78, 5) is 14.3. The maximum absolute atomic E-state index is 13.2. The van der Waals surface area contributed by atoms with Crippen LogP contribution in [0, 0.1) is 11.3 Å². The minimum Gasteiger partial charge on any atom is -0.496 e. The predicted octanol–water partition coefficient (Wildman–Crippen LogP) is 4.14. The molecule has 29 heavy (non-hydrogen) atoms. The lowest BCUT2D eigenvalue weighted by molar-refractivity contribution is -0.113. The summed E-state index contributed by atoms with van der Waals surface area (Å²) in [6.07, 6.45) is 1.99. The fourth-order valence-corrected chi connectivity index (χ4v) is 3.67. The minimum absolute atomic E-state index is 0.0122.